The van der Waals surface area contributed by atoms with Crippen LogP contribution in [0.5, 0.6) is 0 Å². The van der Waals surface area contributed by atoms with Gasteiger partial charge in [0.05, 0.1) is 7.05 Å². The van der Waals surface area contributed by atoms with Crippen molar-refractivity contribution < 1.29 is 4.79 Å². The number of carbonyl (C=O) groups is 1. The summed E-state index contributed by atoms with van der Waals surface area (Å²) in [5.74, 6) is 1.01. The zero-order valence-electron chi connectivity index (χ0n) is 15.5. The average Bonchev–Trinajstić information content (AvgIpc) is 3.02. The summed E-state index contributed by atoms with van der Waals surface area (Å²) in [6.45, 7) is 7.48. The summed E-state index contributed by atoms with van der Waals surface area (Å²) in [5, 5.41) is 15.1. The molecule has 2 aromatic heterocycles. The van der Waals surface area contributed by atoms with Gasteiger partial charge in [0, 0.05) is 25.4 Å². The van der Waals surface area contributed by atoms with Crippen molar-refractivity contribution in [1.29, 1.82) is 0 Å². The Kier molecular flexibility index (Phi) is 5.11. The van der Waals surface area contributed by atoms with E-state index in [1.54, 1.807) is 19.3 Å². The maximum Gasteiger partial charge on any atom is 0.266 e. The smallest absolute Gasteiger partial charge is 0.266 e. The Balaban J connectivity index is 1.75. The van der Waals surface area contributed by atoms with Crippen LogP contribution < -0.4 is 10.2 Å². The first-order valence-electron chi connectivity index (χ1n) is 8.52. The maximum atomic E-state index is 11.8. The van der Waals surface area contributed by atoms with Gasteiger partial charge < -0.3 is 10.2 Å². The van der Waals surface area contributed by atoms with E-state index in [-0.39, 0.29) is 5.91 Å². The summed E-state index contributed by atoms with van der Waals surface area (Å²) in [6.07, 6.45) is 4.28. The van der Waals surface area contributed by atoms with Crippen LogP contribution in [-0.2, 0) is 11.8 Å². The molecule has 1 aliphatic heterocycles. The minimum Gasteiger partial charge on any atom is -0.334 e. The Morgan fingerprint density at radius 1 is 1.31 bits per heavy atom. The lowest BCUT2D eigenvalue weighted by Crippen LogP contribution is -2.31. The number of pyridine rings is 1. The van der Waals surface area contributed by atoms with Crippen LogP contribution in [-0.4, -0.2) is 44.2 Å². The van der Waals surface area contributed by atoms with Crippen molar-refractivity contribution in [2.24, 2.45) is 7.05 Å². The first kappa shape index (κ1) is 17.8. The lowest BCUT2D eigenvalue weighted by Gasteiger charge is -2.28. The third-order valence-corrected chi connectivity index (χ3v) is 4.18. The topological polar surface area (TPSA) is 88.8 Å². The van der Waals surface area contributed by atoms with E-state index in [0.717, 1.165) is 24.1 Å². The third kappa shape index (κ3) is 4.14. The van der Waals surface area contributed by atoms with Crippen LogP contribution in [0.15, 0.2) is 35.6 Å². The predicted octanol–water partition coefficient (Wildman–Crippen LogP) is 2.19. The minimum absolute atomic E-state index is 0.168. The highest BCUT2D eigenvalue weighted by Gasteiger charge is 2.21. The summed E-state index contributed by atoms with van der Waals surface area (Å²) < 4.78 is 0. The van der Waals surface area contributed by atoms with Gasteiger partial charge in [-0.05, 0) is 55.7 Å². The number of hydrogen-bond donors (Lipinski definition) is 1. The highest BCUT2D eigenvalue weighted by atomic mass is 16.1. The molecule has 0 fully saturated rings. The Morgan fingerprint density at radius 3 is 2.73 bits per heavy atom. The van der Waals surface area contributed by atoms with E-state index in [1.807, 2.05) is 26.0 Å². The molecule has 1 amide bonds. The van der Waals surface area contributed by atoms with Crippen molar-refractivity contribution in [3.8, 4) is 0 Å². The van der Waals surface area contributed by atoms with E-state index in [9.17, 15) is 4.79 Å². The molecule has 8 heteroatoms. The van der Waals surface area contributed by atoms with E-state index in [2.05, 4.69) is 37.5 Å². The van der Waals surface area contributed by atoms with E-state index >= 15 is 0 Å². The van der Waals surface area contributed by atoms with Crippen molar-refractivity contribution >= 4 is 23.2 Å². The Morgan fingerprint density at radius 2 is 2.12 bits per heavy atom. The van der Waals surface area contributed by atoms with E-state index in [4.69, 9.17) is 0 Å². The lowest BCUT2D eigenvalue weighted by molar-refractivity contribution is -0.112. The summed E-state index contributed by atoms with van der Waals surface area (Å²) in [6, 6.07) is 3.81. The van der Waals surface area contributed by atoms with E-state index in [0.29, 0.717) is 18.3 Å². The van der Waals surface area contributed by atoms with Gasteiger partial charge in [0.2, 0.25) is 5.91 Å². The number of nitrogens with zero attached hydrogens (tertiary/aromatic N) is 6. The second-order valence-corrected chi connectivity index (χ2v) is 6.65. The second kappa shape index (κ2) is 7.47. The normalized spacial score (nSPS) is 14.4. The first-order chi connectivity index (χ1) is 12.4. The Hall–Kier alpha value is -3.03. The van der Waals surface area contributed by atoms with Crippen LogP contribution in [0, 0.1) is 0 Å². The molecule has 0 atom stereocenters. The first-order valence-corrected chi connectivity index (χ1v) is 8.52. The molecule has 0 saturated carbocycles. The third-order valence-electron chi connectivity index (χ3n) is 4.18. The van der Waals surface area contributed by atoms with Crippen molar-refractivity contribution in [2.75, 3.05) is 23.3 Å². The standard InChI is InChI=1S/C18H23N7O/c1-12(2)9-17(26)20-16-6-5-14(10-19-16)15-11-25(8-7-13(15)3)18-21-23-24(4)22-18/h5-6,9-10H,7-8,11H2,1-4H3,(H,19,20,26). The number of rotatable bonds is 4. The Labute approximate surface area is 152 Å². The van der Waals surface area contributed by atoms with Gasteiger partial charge in [0.15, 0.2) is 0 Å². The molecule has 0 radical (unpaired) electrons. The van der Waals surface area contributed by atoms with Crippen molar-refractivity contribution in [1.82, 2.24) is 25.2 Å². The van der Waals surface area contributed by atoms with Gasteiger partial charge in [0.25, 0.3) is 5.95 Å². The highest BCUT2D eigenvalue weighted by molar-refractivity contribution is 5.99. The summed E-state index contributed by atoms with van der Waals surface area (Å²) >= 11 is 0. The molecule has 3 heterocycles. The molecule has 3 rings (SSSR count). The average molecular weight is 353 g/mol. The van der Waals surface area contributed by atoms with Crippen LogP contribution >= 0.6 is 0 Å². The molecule has 2 aromatic rings. The molecular formula is C18H23N7O. The number of amides is 1. The van der Waals surface area contributed by atoms with Gasteiger partial charge >= 0.3 is 0 Å². The number of nitrogens with one attached hydrogen (secondary N) is 1. The number of allylic oxidation sites excluding steroid dienone is 1. The predicted molar refractivity (Wildman–Crippen MR) is 101 cm³/mol. The van der Waals surface area contributed by atoms with E-state index < -0.39 is 0 Å². The maximum absolute atomic E-state index is 11.8. The minimum atomic E-state index is -0.168. The van der Waals surface area contributed by atoms with Gasteiger partial charge in [-0.1, -0.05) is 16.2 Å². The highest BCUT2D eigenvalue weighted by Crippen LogP contribution is 2.28. The molecule has 1 N–H and O–H groups in total. The van der Waals surface area contributed by atoms with Gasteiger partial charge in [0.1, 0.15) is 5.82 Å². The number of anilines is 2. The van der Waals surface area contributed by atoms with Crippen molar-refractivity contribution in [2.45, 2.75) is 27.2 Å². The number of carbonyl (C=O) groups excluding carboxylic acids is 1. The van der Waals surface area contributed by atoms with Crippen LogP contribution in [0.1, 0.15) is 32.8 Å². The van der Waals surface area contributed by atoms with Crippen LogP contribution in [0.3, 0.4) is 0 Å². The van der Waals surface area contributed by atoms with Gasteiger partial charge in [-0.15, -0.1) is 5.10 Å². The van der Waals surface area contributed by atoms with Crippen LogP contribution in [0.25, 0.3) is 5.57 Å². The lowest BCUT2D eigenvalue weighted by atomic mass is 9.96. The number of aryl methyl sites for hydroxylation is 1. The van der Waals surface area contributed by atoms with Crippen molar-refractivity contribution in [3.05, 3.63) is 41.1 Å². The molecule has 0 aromatic carbocycles. The summed E-state index contributed by atoms with van der Waals surface area (Å²) in [7, 11) is 1.76. The fraction of sp³-hybridized carbons (Fsp3) is 0.389. The zero-order chi connectivity index (χ0) is 18.7. The molecule has 1 aliphatic rings. The second-order valence-electron chi connectivity index (χ2n) is 6.65. The number of aromatic nitrogens is 5. The van der Waals surface area contributed by atoms with Crippen LogP contribution in [0.2, 0.25) is 0 Å². The fourth-order valence-corrected chi connectivity index (χ4v) is 2.84. The molecule has 0 bridgehead atoms. The summed E-state index contributed by atoms with van der Waals surface area (Å²) in [4.78, 5) is 19.7. The fourth-order valence-electron chi connectivity index (χ4n) is 2.84. The zero-order valence-corrected chi connectivity index (χ0v) is 15.5. The van der Waals surface area contributed by atoms with Gasteiger partial charge in [-0.3, -0.25) is 4.79 Å². The number of tetrazole rings is 1. The monoisotopic (exact) mass is 353 g/mol. The molecule has 0 unspecified atom stereocenters. The number of hydrogen-bond acceptors (Lipinski definition) is 6. The van der Waals surface area contributed by atoms with Crippen molar-refractivity contribution in [3.63, 3.8) is 0 Å². The molecule has 26 heavy (non-hydrogen) atoms. The largest absolute Gasteiger partial charge is 0.334 e. The molecular weight excluding hydrogens is 330 g/mol. The SMILES string of the molecule is CC(C)=CC(=O)Nc1ccc(C2=C(C)CCN(c3nnn(C)n3)C2)cn1. The van der Waals surface area contributed by atoms with Gasteiger partial charge in [-0.25, -0.2) is 4.98 Å². The quantitative estimate of drug-likeness (QED) is 0.848. The molecule has 0 spiro atoms. The molecule has 0 saturated heterocycles. The van der Waals surface area contributed by atoms with Crippen LogP contribution in [0.4, 0.5) is 11.8 Å². The molecule has 8 nitrogen and oxygen atoms in total. The Bertz CT molecular complexity index is 860. The molecule has 0 aliphatic carbocycles. The summed E-state index contributed by atoms with van der Waals surface area (Å²) in [5.41, 5.74) is 4.52. The van der Waals surface area contributed by atoms with Gasteiger partial charge in [-0.2, -0.15) is 4.80 Å². The molecule has 136 valence electrons. The van der Waals surface area contributed by atoms with E-state index in [1.165, 1.54) is 15.9 Å².